The minimum atomic E-state index is -0.692. The molecule has 0 radical (unpaired) electrons. The van der Waals surface area contributed by atoms with E-state index in [2.05, 4.69) is 29.2 Å². The van der Waals surface area contributed by atoms with Gasteiger partial charge in [-0.05, 0) is 46.0 Å². The van der Waals surface area contributed by atoms with Crippen LogP contribution in [0.15, 0.2) is 106 Å². The molecule has 0 saturated heterocycles. The van der Waals surface area contributed by atoms with E-state index in [0.717, 1.165) is 42.9 Å². The quantitative estimate of drug-likeness (QED) is 0.311. The topological polar surface area (TPSA) is 55.5 Å². The molecule has 0 atom stereocenters. The van der Waals surface area contributed by atoms with Gasteiger partial charge >= 0.3 is 5.76 Å². The van der Waals surface area contributed by atoms with Gasteiger partial charge in [0.2, 0.25) is 0 Å². The highest BCUT2D eigenvalue weighted by molar-refractivity contribution is 6.16. The van der Waals surface area contributed by atoms with Gasteiger partial charge in [0.1, 0.15) is 0 Å². The fourth-order valence-corrected chi connectivity index (χ4v) is 4.91. The Morgan fingerprint density at radius 3 is 2.23 bits per heavy atom. The van der Waals surface area contributed by atoms with Crippen LogP contribution in [0.25, 0.3) is 43.8 Å². The first-order chi connectivity index (χ1) is 17.0. The molecule has 6 aromatic rings. The summed E-state index contributed by atoms with van der Waals surface area (Å²) in [6.07, 6.45) is 0. The van der Waals surface area contributed by atoms with Crippen LogP contribution in [0.3, 0.4) is 0 Å². The average molecular weight is 459 g/mol. The lowest BCUT2D eigenvalue weighted by Gasteiger charge is -2.20. The summed E-state index contributed by atoms with van der Waals surface area (Å²) in [6, 6.07) is 31.0. The average Bonchev–Trinajstić information content (AvgIpc) is 3.22. The smallest absolute Gasteiger partial charge is 0.407 e. The van der Waals surface area contributed by atoms with E-state index in [9.17, 15) is 9.59 Å². The minimum absolute atomic E-state index is 0.383. The van der Waals surface area contributed by atoms with Crippen molar-refractivity contribution in [3.05, 3.63) is 113 Å². The fraction of sp³-hybridized carbons (Fsp3) is 0.0667. The molecule has 0 aliphatic carbocycles. The number of aromatic nitrogens is 1. The molecule has 6 rings (SSSR count). The van der Waals surface area contributed by atoms with E-state index in [1.54, 1.807) is 24.3 Å². The van der Waals surface area contributed by atoms with Gasteiger partial charge in [-0.15, -0.1) is 0 Å². The van der Waals surface area contributed by atoms with E-state index >= 15 is 0 Å². The van der Waals surface area contributed by atoms with E-state index in [1.807, 2.05) is 62.6 Å². The van der Waals surface area contributed by atoms with Gasteiger partial charge in [-0.1, -0.05) is 72.8 Å². The minimum Gasteiger partial charge on any atom is -0.407 e. The SMILES string of the molecule is CN(C)c1ccc(-c2c(C(=O)n3c(=O)oc4ccccc43)ccc3ccccc23)c2ccccc12. The number of benzene rings is 5. The summed E-state index contributed by atoms with van der Waals surface area (Å²) >= 11 is 0. The standard InChI is InChI=1S/C30H22N2O3/c1-31(2)25-18-17-23(21-11-5-6-12-22(21)25)28-20-10-4-3-9-19(20)15-16-24(28)29(33)32-26-13-7-8-14-27(26)35-30(32)34/h3-18H,1-2H3. The zero-order chi connectivity index (χ0) is 24.1. The van der Waals surface area contributed by atoms with Crippen LogP contribution in [0.5, 0.6) is 0 Å². The Morgan fingerprint density at radius 1 is 0.743 bits per heavy atom. The second-order valence-electron chi connectivity index (χ2n) is 8.76. The Labute approximate surface area is 201 Å². The molecule has 0 N–H and O–H groups in total. The normalized spacial score (nSPS) is 11.4. The number of fused-ring (bicyclic) bond motifs is 3. The predicted octanol–water partition coefficient (Wildman–Crippen LogP) is 6.32. The molecule has 0 amide bonds. The monoisotopic (exact) mass is 458 g/mol. The first-order valence-corrected chi connectivity index (χ1v) is 11.4. The summed E-state index contributed by atoms with van der Waals surface area (Å²) in [5.41, 5.74) is 4.11. The lowest BCUT2D eigenvalue weighted by atomic mass is 9.89. The maximum atomic E-state index is 14.0. The summed E-state index contributed by atoms with van der Waals surface area (Å²) in [6.45, 7) is 0. The highest BCUT2D eigenvalue weighted by Gasteiger charge is 2.23. The third-order valence-corrected chi connectivity index (χ3v) is 6.50. The van der Waals surface area contributed by atoms with E-state index < -0.39 is 11.7 Å². The Morgan fingerprint density at radius 2 is 1.43 bits per heavy atom. The number of hydrogen-bond acceptors (Lipinski definition) is 4. The molecule has 5 heteroatoms. The number of carbonyl (C=O) groups is 1. The number of oxazole rings is 1. The van der Waals surface area contributed by atoms with Crippen molar-refractivity contribution >= 4 is 44.2 Å². The van der Waals surface area contributed by atoms with Gasteiger partial charge in [0.15, 0.2) is 5.58 Å². The molecule has 5 aromatic carbocycles. The van der Waals surface area contributed by atoms with Crippen LogP contribution in [-0.4, -0.2) is 24.6 Å². The Kier molecular flexibility index (Phi) is 4.78. The highest BCUT2D eigenvalue weighted by Crippen LogP contribution is 2.40. The van der Waals surface area contributed by atoms with Gasteiger partial charge in [-0.3, -0.25) is 4.79 Å². The summed E-state index contributed by atoms with van der Waals surface area (Å²) < 4.78 is 6.49. The van der Waals surface area contributed by atoms with E-state index in [0.29, 0.717) is 16.7 Å². The van der Waals surface area contributed by atoms with Gasteiger partial charge < -0.3 is 9.32 Å². The van der Waals surface area contributed by atoms with Crippen molar-refractivity contribution in [2.24, 2.45) is 0 Å². The molecule has 35 heavy (non-hydrogen) atoms. The molecule has 0 aliphatic heterocycles. The van der Waals surface area contributed by atoms with Crippen LogP contribution in [0.4, 0.5) is 5.69 Å². The number of rotatable bonds is 3. The lowest BCUT2D eigenvalue weighted by molar-refractivity contribution is 0.0957. The Balaban J connectivity index is 1.70. The maximum absolute atomic E-state index is 14.0. The summed E-state index contributed by atoms with van der Waals surface area (Å²) in [5.74, 6) is -1.11. The molecule has 0 bridgehead atoms. The fourth-order valence-electron chi connectivity index (χ4n) is 4.91. The molecule has 0 spiro atoms. The number of hydrogen-bond donors (Lipinski definition) is 0. The van der Waals surface area contributed by atoms with Crippen LogP contribution in [-0.2, 0) is 0 Å². The molecular weight excluding hydrogens is 436 g/mol. The van der Waals surface area contributed by atoms with Crippen molar-refractivity contribution in [1.29, 1.82) is 0 Å². The van der Waals surface area contributed by atoms with Gasteiger partial charge in [0.25, 0.3) is 5.91 Å². The van der Waals surface area contributed by atoms with Crippen molar-refractivity contribution in [3.63, 3.8) is 0 Å². The zero-order valence-corrected chi connectivity index (χ0v) is 19.4. The largest absolute Gasteiger partial charge is 0.427 e. The highest BCUT2D eigenvalue weighted by atomic mass is 16.4. The molecule has 0 saturated carbocycles. The second kappa shape index (κ2) is 7.99. The van der Waals surface area contributed by atoms with Gasteiger partial charge in [0, 0.05) is 36.3 Å². The van der Waals surface area contributed by atoms with Crippen LogP contribution in [0, 0.1) is 0 Å². The molecule has 0 unspecified atom stereocenters. The van der Waals surface area contributed by atoms with E-state index in [4.69, 9.17) is 4.42 Å². The van der Waals surface area contributed by atoms with Crippen LogP contribution in [0.2, 0.25) is 0 Å². The molecule has 1 heterocycles. The first-order valence-electron chi connectivity index (χ1n) is 11.4. The summed E-state index contributed by atoms with van der Waals surface area (Å²) in [4.78, 5) is 28.8. The van der Waals surface area contributed by atoms with Gasteiger partial charge in [0.05, 0.1) is 5.52 Å². The van der Waals surface area contributed by atoms with Gasteiger partial charge in [-0.25, -0.2) is 9.36 Å². The van der Waals surface area contributed by atoms with Crippen LogP contribution >= 0.6 is 0 Å². The third kappa shape index (κ3) is 3.24. The van der Waals surface area contributed by atoms with Gasteiger partial charge in [-0.2, -0.15) is 0 Å². The van der Waals surface area contributed by atoms with Crippen molar-refractivity contribution in [2.45, 2.75) is 0 Å². The zero-order valence-electron chi connectivity index (χ0n) is 19.4. The van der Waals surface area contributed by atoms with E-state index in [-0.39, 0.29) is 0 Å². The number of nitrogens with zero attached hydrogens (tertiary/aromatic N) is 2. The number of anilines is 1. The first kappa shape index (κ1) is 20.9. The summed E-state index contributed by atoms with van der Waals surface area (Å²) in [5, 5.41) is 4.09. The molecule has 5 nitrogen and oxygen atoms in total. The van der Waals surface area contributed by atoms with Crippen molar-refractivity contribution < 1.29 is 9.21 Å². The summed E-state index contributed by atoms with van der Waals surface area (Å²) in [7, 11) is 4.04. The molecule has 170 valence electrons. The molecular formula is C30H22N2O3. The number of carbonyl (C=O) groups excluding carboxylic acids is 1. The lowest BCUT2D eigenvalue weighted by Crippen LogP contribution is -2.23. The van der Waals surface area contributed by atoms with Crippen LogP contribution in [0.1, 0.15) is 10.4 Å². The Bertz CT molecular complexity index is 1830. The van der Waals surface area contributed by atoms with Crippen LogP contribution < -0.4 is 10.7 Å². The van der Waals surface area contributed by atoms with Crippen molar-refractivity contribution in [2.75, 3.05) is 19.0 Å². The Hall–Kier alpha value is -4.64. The van der Waals surface area contributed by atoms with Crippen molar-refractivity contribution in [1.82, 2.24) is 4.57 Å². The number of para-hydroxylation sites is 2. The molecule has 0 fully saturated rings. The van der Waals surface area contributed by atoms with Crippen molar-refractivity contribution in [3.8, 4) is 11.1 Å². The predicted molar refractivity (Wildman–Crippen MR) is 141 cm³/mol. The molecule has 0 aliphatic rings. The third-order valence-electron chi connectivity index (χ3n) is 6.50. The second-order valence-corrected chi connectivity index (χ2v) is 8.76. The molecule has 1 aromatic heterocycles. The van der Waals surface area contributed by atoms with E-state index in [1.165, 1.54) is 0 Å². The maximum Gasteiger partial charge on any atom is 0.427 e.